The van der Waals surface area contributed by atoms with E-state index < -0.39 is 7.60 Å². The number of nitrogens with zero attached hydrogens (tertiary/aromatic N) is 1. The summed E-state index contributed by atoms with van der Waals surface area (Å²) in [6, 6.07) is 12.8. The van der Waals surface area contributed by atoms with Crippen LogP contribution in [0.4, 0.5) is 5.69 Å². The lowest BCUT2D eigenvalue weighted by molar-refractivity contribution is 0.309. The topological polar surface area (TPSA) is 131 Å². The Bertz CT molecular complexity index is 1010. The maximum atomic E-state index is 12.3. The van der Waals surface area contributed by atoms with Gasteiger partial charge in [-0.1, -0.05) is 30.3 Å². The van der Waals surface area contributed by atoms with Crippen LogP contribution in [0.5, 0.6) is 5.75 Å². The lowest BCUT2D eigenvalue weighted by Crippen LogP contribution is -2.17. The van der Waals surface area contributed by atoms with E-state index >= 15 is 0 Å². The van der Waals surface area contributed by atoms with Crippen molar-refractivity contribution in [2.75, 3.05) is 18.5 Å². The van der Waals surface area contributed by atoms with E-state index in [1.807, 2.05) is 30.3 Å². The number of nitrogens with two attached hydrogens (primary N) is 1. The van der Waals surface area contributed by atoms with Crippen molar-refractivity contribution in [3.8, 4) is 5.75 Å². The van der Waals surface area contributed by atoms with Gasteiger partial charge in [-0.15, -0.1) is 0 Å². The molecule has 0 fully saturated rings. The minimum atomic E-state index is -4.03. The average molecular weight is 377 g/mol. The largest absolute Gasteiger partial charge is 0.493 e. The molecule has 9 heteroatoms. The number of nitrogens with one attached hydrogen (secondary N) is 1. The third-order valence-corrected chi connectivity index (χ3v) is 4.83. The number of fused-ring (bicyclic) bond motifs is 1. The molecule has 0 amide bonds. The fraction of sp³-hybridized carbons (Fsp3) is 0.235. The first-order chi connectivity index (χ1) is 12.3. The molecule has 0 radical (unpaired) electrons. The number of nitrogen functional groups attached to an aromatic ring is 1. The Morgan fingerprint density at radius 2 is 1.92 bits per heavy atom. The number of benzene rings is 2. The van der Waals surface area contributed by atoms with Gasteiger partial charge in [0.25, 0.3) is 0 Å². The third kappa shape index (κ3) is 4.35. The van der Waals surface area contributed by atoms with Crippen LogP contribution in [0.25, 0.3) is 11.0 Å². The van der Waals surface area contributed by atoms with E-state index in [0.717, 1.165) is 5.56 Å². The first kappa shape index (κ1) is 18.3. The summed E-state index contributed by atoms with van der Waals surface area (Å²) >= 11 is 0. The number of anilines is 1. The van der Waals surface area contributed by atoms with Crippen molar-refractivity contribution in [3.05, 3.63) is 58.5 Å². The van der Waals surface area contributed by atoms with Gasteiger partial charge in [-0.3, -0.25) is 9.13 Å². The van der Waals surface area contributed by atoms with Crippen LogP contribution >= 0.6 is 7.60 Å². The predicted molar refractivity (Wildman–Crippen MR) is 99.5 cm³/mol. The third-order valence-electron chi connectivity index (χ3n) is 3.94. The van der Waals surface area contributed by atoms with Crippen LogP contribution in [0.2, 0.25) is 0 Å². The Hall–Kier alpha value is -2.54. The highest BCUT2D eigenvalue weighted by Crippen LogP contribution is 2.35. The zero-order valence-electron chi connectivity index (χ0n) is 14.0. The lowest BCUT2D eigenvalue weighted by Gasteiger charge is -2.10. The van der Waals surface area contributed by atoms with E-state index in [1.54, 1.807) is 16.7 Å². The second-order valence-electron chi connectivity index (χ2n) is 6.00. The van der Waals surface area contributed by atoms with Crippen LogP contribution in [0, 0.1) is 0 Å². The summed E-state index contributed by atoms with van der Waals surface area (Å²) in [6.45, 7) is 0.532. The second kappa shape index (κ2) is 7.37. The molecule has 3 rings (SSSR count). The van der Waals surface area contributed by atoms with Gasteiger partial charge in [-0.2, -0.15) is 0 Å². The number of imidazole rings is 1. The highest BCUT2D eigenvalue weighted by atomic mass is 31.2. The summed E-state index contributed by atoms with van der Waals surface area (Å²) < 4.78 is 18.0. The molecule has 0 bridgehead atoms. The molecule has 1 aromatic heterocycles. The number of hydrogen-bond acceptors (Lipinski definition) is 4. The van der Waals surface area contributed by atoms with Gasteiger partial charge in [-0.05, 0) is 12.0 Å². The quantitative estimate of drug-likeness (QED) is 0.283. The van der Waals surface area contributed by atoms with Gasteiger partial charge < -0.3 is 25.2 Å². The van der Waals surface area contributed by atoms with Crippen molar-refractivity contribution in [1.29, 1.82) is 0 Å². The Balaban J connectivity index is 1.85. The van der Waals surface area contributed by atoms with Crippen molar-refractivity contribution in [2.45, 2.75) is 13.0 Å². The van der Waals surface area contributed by atoms with E-state index in [0.29, 0.717) is 29.0 Å². The molecule has 1 heterocycles. The predicted octanol–water partition coefficient (Wildman–Crippen LogP) is 1.91. The molecular formula is C17H20N3O5P. The molecule has 26 heavy (non-hydrogen) atoms. The molecule has 8 nitrogen and oxygen atoms in total. The van der Waals surface area contributed by atoms with Crippen molar-refractivity contribution in [2.24, 2.45) is 0 Å². The standard InChI is InChI=1S/C17H20N3O5P/c18-14-9-13(25-7-4-8-26(22,23)24)10-15-16(14)19-17(21)20(15)11-12-5-2-1-3-6-12/h1-3,5-6,9-10H,4,7-8,11,18H2,(H,19,21)(H2,22,23,24). The van der Waals surface area contributed by atoms with Gasteiger partial charge in [0.05, 0.1) is 36.0 Å². The van der Waals surface area contributed by atoms with E-state index in [4.69, 9.17) is 20.3 Å². The average Bonchev–Trinajstić information content (AvgIpc) is 2.89. The van der Waals surface area contributed by atoms with Gasteiger partial charge in [0.1, 0.15) is 5.75 Å². The zero-order chi connectivity index (χ0) is 18.7. The van der Waals surface area contributed by atoms with Crippen LogP contribution in [-0.2, 0) is 11.1 Å². The SMILES string of the molecule is Nc1cc(OCCCP(=O)(O)O)cc2c1[nH]c(=O)n2Cc1ccccc1. The molecule has 0 aliphatic rings. The Kier molecular flexibility index (Phi) is 5.18. The Morgan fingerprint density at radius 1 is 1.19 bits per heavy atom. The summed E-state index contributed by atoms with van der Waals surface area (Å²) in [5, 5.41) is 0. The first-order valence-corrected chi connectivity index (χ1v) is 9.86. The van der Waals surface area contributed by atoms with Crippen LogP contribution < -0.4 is 16.2 Å². The number of H-pyrrole nitrogens is 1. The number of rotatable bonds is 7. The molecule has 0 unspecified atom stereocenters. The van der Waals surface area contributed by atoms with Gasteiger partial charge in [0.2, 0.25) is 0 Å². The molecule has 0 aliphatic carbocycles. The van der Waals surface area contributed by atoms with Gasteiger partial charge in [0, 0.05) is 12.1 Å². The fourth-order valence-corrected chi connectivity index (χ4v) is 3.26. The highest BCUT2D eigenvalue weighted by Gasteiger charge is 2.14. The second-order valence-corrected chi connectivity index (χ2v) is 7.78. The number of hydrogen-bond donors (Lipinski definition) is 4. The van der Waals surface area contributed by atoms with Crippen molar-refractivity contribution < 1.29 is 19.1 Å². The van der Waals surface area contributed by atoms with Crippen molar-refractivity contribution >= 4 is 24.3 Å². The van der Waals surface area contributed by atoms with Crippen LogP contribution in [0.1, 0.15) is 12.0 Å². The number of aromatic nitrogens is 2. The number of aromatic amines is 1. The Morgan fingerprint density at radius 3 is 2.62 bits per heavy atom. The molecule has 0 saturated carbocycles. The van der Waals surface area contributed by atoms with Crippen LogP contribution in [-0.4, -0.2) is 32.1 Å². The maximum absolute atomic E-state index is 12.3. The minimum absolute atomic E-state index is 0.142. The van der Waals surface area contributed by atoms with E-state index in [-0.39, 0.29) is 24.9 Å². The minimum Gasteiger partial charge on any atom is -0.493 e. The van der Waals surface area contributed by atoms with Gasteiger partial charge in [0.15, 0.2) is 0 Å². The fourth-order valence-electron chi connectivity index (χ4n) is 2.72. The molecule has 138 valence electrons. The first-order valence-electron chi connectivity index (χ1n) is 8.07. The number of ether oxygens (including phenoxy) is 1. The van der Waals surface area contributed by atoms with E-state index in [2.05, 4.69) is 4.98 Å². The van der Waals surface area contributed by atoms with E-state index in [1.165, 1.54) is 0 Å². The van der Waals surface area contributed by atoms with Crippen LogP contribution in [0.3, 0.4) is 0 Å². The molecule has 0 aliphatic heterocycles. The molecular weight excluding hydrogens is 357 g/mol. The summed E-state index contributed by atoms with van der Waals surface area (Å²) in [5.74, 6) is 0.446. The molecule has 0 saturated heterocycles. The highest BCUT2D eigenvalue weighted by molar-refractivity contribution is 7.51. The zero-order valence-corrected chi connectivity index (χ0v) is 14.9. The molecule has 3 aromatic rings. The van der Waals surface area contributed by atoms with Crippen LogP contribution in [0.15, 0.2) is 47.3 Å². The molecule has 0 spiro atoms. The molecule has 2 aromatic carbocycles. The summed E-state index contributed by atoms with van der Waals surface area (Å²) in [4.78, 5) is 32.8. The van der Waals surface area contributed by atoms with Gasteiger partial charge >= 0.3 is 13.3 Å². The van der Waals surface area contributed by atoms with E-state index in [9.17, 15) is 9.36 Å². The van der Waals surface area contributed by atoms with Gasteiger partial charge in [-0.25, -0.2) is 4.79 Å². The Labute approximate surface area is 149 Å². The monoisotopic (exact) mass is 377 g/mol. The normalized spacial score (nSPS) is 11.8. The maximum Gasteiger partial charge on any atom is 0.326 e. The smallest absolute Gasteiger partial charge is 0.326 e. The molecule has 5 N–H and O–H groups in total. The van der Waals surface area contributed by atoms with Crippen molar-refractivity contribution in [1.82, 2.24) is 9.55 Å². The van der Waals surface area contributed by atoms with Crippen molar-refractivity contribution in [3.63, 3.8) is 0 Å². The summed E-state index contributed by atoms with van der Waals surface area (Å²) in [5.41, 5.74) is 8.24. The lowest BCUT2D eigenvalue weighted by atomic mass is 10.2. The summed E-state index contributed by atoms with van der Waals surface area (Å²) in [7, 11) is -4.03. The summed E-state index contributed by atoms with van der Waals surface area (Å²) in [6.07, 6.45) is -0.0280. The molecule has 0 atom stereocenters.